The van der Waals surface area contributed by atoms with Gasteiger partial charge in [0.05, 0.1) is 6.61 Å². The molecule has 1 aliphatic heterocycles. The molecule has 0 aromatic heterocycles. The summed E-state index contributed by atoms with van der Waals surface area (Å²) in [7, 11) is 8.63. The van der Waals surface area contributed by atoms with Crippen LogP contribution in [0, 0.1) is 5.92 Å². The summed E-state index contributed by atoms with van der Waals surface area (Å²) in [6.07, 6.45) is 6.51. The molecule has 54 heavy (non-hydrogen) atoms. The number of benzene rings is 5. The van der Waals surface area contributed by atoms with Crippen molar-refractivity contribution in [3.05, 3.63) is 222 Å². The molecule has 0 saturated carbocycles. The average molecular weight is 916 g/mol. The zero-order valence-corrected chi connectivity index (χ0v) is 36.3. The van der Waals surface area contributed by atoms with Gasteiger partial charge in [-0.1, -0.05) is 196 Å². The van der Waals surface area contributed by atoms with Crippen LogP contribution >= 0.6 is 35.2 Å². The molecular weight excluding hydrogens is 872 g/mol. The Morgan fingerprint density at radius 1 is 0.611 bits per heavy atom. The van der Waals surface area contributed by atoms with Gasteiger partial charge in [-0.3, -0.25) is 0 Å². The van der Waals surface area contributed by atoms with E-state index in [0.717, 1.165) is 11.5 Å². The Labute approximate surface area is 350 Å². The van der Waals surface area contributed by atoms with Crippen molar-refractivity contribution in [2.45, 2.75) is 19.9 Å². The van der Waals surface area contributed by atoms with Crippen LogP contribution in [0.5, 0.6) is 0 Å². The second-order valence-corrected chi connectivity index (χ2v) is 19.3. The van der Waals surface area contributed by atoms with E-state index >= 15 is 0 Å². The minimum atomic E-state index is -0.636. The van der Waals surface area contributed by atoms with E-state index in [1.54, 1.807) is 0 Å². The van der Waals surface area contributed by atoms with E-state index in [9.17, 15) is 0 Å². The Morgan fingerprint density at radius 3 is 1.30 bits per heavy atom. The molecule has 1 heterocycles. The van der Waals surface area contributed by atoms with E-state index in [2.05, 4.69) is 184 Å². The second-order valence-electron chi connectivity index (χ2n) is 12.2. The fourth-order valence-corrected chi connectivity index (χ4v) is 10.5. The molecule has 0 unspecified atom stereocenters. The number of allylic oxidation sites excluding steroid dienone is 5. The van der Waals surface area contributed by atoms with Gasteiger partial charge in [0, 0.05) is 11.5 Å². The topological polar surface area (TPSA) is 23.3 Å². The molecular formula is C46H43Cl2FeNOP2Ru. The van der Waals surface area contributed by atoms with Gasteiger partial charge in [-0.15, -0.1) is 0 Å². The summed E-state index contributed by atoms with van der Waals surface area (Å²) < 4.78 is 5.99. The molecule has 1 saturated heterocycles. The molecule has 2 nitrogen and oxygen atoms in total. The van der Waals surface area contributed by atoms with Gasteiger partial charge in [0.15, 0.2) is 0 Å². The van der Waals surface area contributed by atoms with Gasteiger partial charge in [0.2, 0.25) is 0 Å². The Bertz CT molecular complexity index is 1830. The maximum absolute atomic E-state index is 5.99. The number of hydrogen-bond donors (Lipinski definition) is 0. The number of hydrogen-bond acceptors (Lipinski definition) is 1. The molecule has 6 aromatic carbocycles. The van der Waals surface area contributed by atoms with Crippen molar-refractivity contribution in [1.82, 2.24) is 0 Å². The van der Waals surface area contributed by atoms with Crippen molar-refractivity contribution in [3.8, 4) is 0 Å². The first kappa shape index (κ1) is 43.6. The molecule has 1 fully saturated rings. The van der Waals surface area contributed by atoms with Crippen molar-refractivity contribution in [2.24, 2.45) is 5.92 Å². The van der Waals surface area contributed by atoms with E-state index < -0.39 is 15.8 Å². The van der Waals surface area contributed by atoms with E-state index in [-0.39, 0.29) is 38.3 Å². The first-order valence-electron chi connectivity index (χ1n) is 17.4. The molecule has 0 spiro atoms. The first-order chi connectivity index (χ1) is 26.1. The van der Waals surface area contributed by atoms with Gasteiger partial charge in [0.25, 0.3) is 0 Å². The zero-order valence-electron chi connectivity index (χ0n) is 30.1. The second kappa shape index (κ2) is 24.4. The van der Waals surface area contributed by atoms with Crippen LogP contribution in [-0.2, 0) is 37.0 Å². The van der Waals surface area contributed by atoms with E-state index in [1.165, 1.54) is 31.8 Å². The summed E-state index contributed by atoms with van der Waals surface area (Å²) >= 11 is -0.346. The van der Waals surface area contributed by atoms with E-state index in [0.29, 0.717) is 12.5 Å². The maximum atomic E-state index is 5.99. The number of rotatable bonds is 7. The molecule has 0 radical (unpaired) electrons. The number of nitrogens with zero attached hydrogens (tertiary/aromatic N) is 1. The van der Waals surface area contributed by atoms with Crippen molar-refractivity contribution >= 4 is 61.7 Å². The largest absolute Gasteiger partial charge is 2.00 e. The van der Waals surface area contributed by atoms with E-state index in [1.807, 2.05) is 30.3 Å². The average Bonchev–Trinajstić information content (AvgIpc) is 4.03. The van der Waals surface area contributed by atoms with Gasteiger partial charge in [-0.2, -0.15) is 18.2 Å². The molecule has 2 aliphatic rings. The van der Waals surface area contributed by atoms with Gasteiger partial charge in [-0.25, -0.2) is 12.1 Å². The number of ether oxygens (including phenoxy) is 1. The third-order valence-corrected chi connectivity index (χ3v) is 13.3. The summed E-state index contributed by atoms with van der Waals surface area (Å²) in [5.74, 6) is 1.30. The Morgan fingerprint density at radius 2 is 0.981 bits per heavy atom. The zero-order chi connectivity index (χ0) is 37.1. The third-order valence-electron chi connectivity index (χ3n) is 8.34. The van der Waals surface area contributed by atoms with Gasteiger partial charge in [0.1, 0.15) is 0 Å². The normalized spacial score (nSPS) is 15.4. The SMILES string of the molecule is CC(C)[C@@H]1CO/C(=C2/C=CC=C2P(c2ccccc2)c2ccccc2)[N-]1.[Cl][Ru][Cl].[Fe+2].c1cc[cH-]c1.c1ccc(P(c2ccccc2)c2ccccc2)cc1. The number of halogens is 2. The van der Waals surface area contributed by atoms with Crippen LogP contribution in [0.2, 0.25) is 0 Å². The van der Waals surface area contributed by atoms with Crippen LogP contribution in [0.25, 0.3) is 5.32 Å². The molecule has 1 atom stereocenters. The maximum Gasteiger partial charge on any atom is 2.00 e. The standard InChI is InChI=1S/C23H23NOP.C18H15P.C5H5.2ClH.Fe.Ru/c1-17(2)21-16-25-23(24-21)20-14-9-15-22(20)26(18-10-5-3-6-11-18)19-12-7-4-8-13-19;1-4-10-16(11-5-1)19(17-12-6-2-7-13-17)18-14-8-3-9-15-18;1-2-4-5-3-1;;;;/h3-15,17,21H,16H2,1-2H3;1-15H;1-5H;2*1H;;/q-1;;-1;;;2*+2/p-2/b23-20-;;;;;;/t21-;;;;;;/m0....../s1. The smallest absolute Gasteiger partial charge is 0.214 e. The predicted molar refractivity (Wildman–Crippen MR) is 230 cm³/mol. The Hall–Kier alpha value is -3.15. The molecule has 0 amide bonds. The molecule has 0 bridgehead atoms. The molecule has 8 heteroatoms. The molecule has 8 rings (SSSR count). The van der Waals surface area contributed by atoms with Crippen molar-refractivity contribution in [3.63, 3.8) is 0 Å². The summed E-state index contributed by atoms with van der Waals surface area (Å²) in [6, 6.07) is 64.1. The summed E-state index contributed by atoms with van der Waals surface area (Å²) in [4.78, 5) is 0. The first-order valence-corrected chi connectivity index (χ1v) is 24.6. The summed E-state index contributed by atoms with van der Waals surface area (Å²) in [5, 5.41) is 13.1. The monoisotopic (exact) mass is 915 g/mol. The molecule has 0 N–H and O–H groups in total. The predicted octanol–water partition coefficient (Wildman–Crippen LogP) is 11.4. The third kappa shape index (κ3) is 13.0. The van der Waals surface area contributed by atoms with Gasteiger partial charge >= 0.3 is 51.6 Å². The Kier molecular flexibility index (Phi) is 19.7. The van der Waals surface area contributed by atoms with Crippen LogP contribution < -0.4 is 26.5 Å². The molecule has 1 aliphatic carbocycles. The summed E-state index contributed by atoms with van der Waals surface area (Å²) in [6.45, 7) is 5.09. The van der Waals surface area contributed by atoms with Crippen LogP contribution in [0.4, 0.5) is 0 Å². The van der Waals surface area contributed by atoms with Crippen molar-refractivity contribution < 1.29 is 37.0 Å². The van der Waals surface area contributed by atoms with Crippen LogP contribution in [0.3, 0.4) is 0 Å². The minimum Gasteiger partial charge on any atom is -0.214 e. The van der Waals surface area contributed by atoms with Gasteiger partial charge < -0.3 is 10.1 Å². The quantitative estimate of drug-likeness (QED) is 0.0889. The van der Waals surface area contributed by atoms with Crippen LogP contribution in [0.15, 0.2) is 217 Å². The minimum absolute atomic E-state index is 0. The van der Waals surface area contributed by atoms with E-state index in [4.69, 9.17) is 29.4 Å². The van der Waals surface area contributed by atoms with Crippen molar-refractivity contribution in [1.29, 1.82) is 0 Å². The van der Waals surface area contributed by atoms with Crippen LogP contribution in [0.1, 0.15) is 13.8 Å². The summed E-state index contributed by atoms with van der Waals surface area (Å²) in [5.41, 5.74) is 1.15. The molecule has 6 aromatic rings. The molecule has 278 valence electrons. The Balaban J connectivity index is 0.000000203. The fourth-order valence-electron chi connectivity index (χ4n) is 5.75. The fraction of sp³-hybridized carbons (Fsp3) is 0.109. The van der Waals surface area contributed by atoms with Gasteiger partial charge in [-0.05, 0) is 47.7 Å². The van der Waals surface area contributed by atoms with Crippen LogP contribution in [-0.4, -0.2) is 12.6 Å². The van der Waals surface area contributed by atoms with Crippen molar-refractivity contribution in [2.75, 3.05) is 6.61 Å².